The van der Waals surface area contributed by atoms with E-state index in [4.69, 9.17) is 32.1 Å². The van der Waals surface area contributed by atoms with Crippen LogP contribution in [0.4, 0.5) is 0 Å². The Morgan fingerprint density at radius 1 is 0.600 bits per heavy atom. The van der Waals surface area contributed by atoms with Crippen LogP contribution in [-0.2, 0) is 65.8 Å². The molecule has 0 spiro atoms. The fourth-order valence-corrected chi connectivity index (χ4v) is 0. The van der Waals surface area contributed by atoms with Crippen molar-refractivity contribution < 1.29 is 119 Å². The number of rotatable bonds is 0. The van der Waals surface area contributed by atoms with Crippen LogP contribution in [0.15, 0.2) is 0 Å². The molecule has 0 fully saturated rings. The molecular formula is H13Bi2NaO9Ti3. The third kappa shape index (κ3) is 282. The van der Waals surface area contributed by atoms with E-state index in [2.05, 4.69) is 0 Å². The quantitative estimate of drug-likeness (QED) is 0.132. The molecule has 0 saturated heterocycles. The molecule has 0 aliphatic carbocycles. The summed E-state index contributed by atoms with van der Waals surface area (Å²) in [5.41, 5.74) is 0. The van der Waals surface area contributed by atoms with Gasteiger partial charge in [0.15, 0.2) is 0 Å². The summed E-state index contributed by atoms with van der Waals surface area (Å²) < 4.78 is 69.8. The normalized spacial score (nSPS) is 5.20. The minimum absolute atomic E-state index is 0. The molecule has 6 N–H and O–H groups in total. The van der Waals surface area contributed by atoms with Gasteiger partial charge in [-0.3, -0.25) is 0 Å². The zero-order valence-corrected chi connectivity index (χ0v) is 25.5. The van der Waals surface area contributed by atoms with Crippen LogP contribution in [0.1, 0.15) is 1.43 Å². The van der Waals surface area contributed by atoms with E-state index in [-0.39, 0.29) is 83.4 Å². The zero-order valence-electron chi connectivity index (χ0n) is 8.82. The molecule has 0 heterocycles. The second kappa shape index (κ2) is 30.8. The third-order valence-corrected chi connectivity index (χ3v) is 0. The molecule has 0 aliphatic rings. The van der Waals surface area contributed by atoms with Crippen molar-refractivity contribution in [3.8, 4) is 0 Å². The van der Waals surface area contributed by atoms with Gasteiger partial charge in [-0.2, -0.15) is 0 Å². The molecule has 0 rings (SSSR count). The SMILES string of the molecule is [BiH3].[BiH3].[H-].[Na+].[O]=[Ti]([OH])[OH].[O]=[Ti]([OH])[OH].[O]=[Ti]([OH])[OH]. The second-order valence-corrected chi connectivity index (χ2v) is 3.50. The summed E-state index contributed by atoms with van der Waals surface area (Å²) in [5, 5.41) is 0. The molecule has 15 heavy (non-hydrogen) atoms. The maximum absolute atomic E-state index is 8.81. The van der Waals surface area contributed by atoms with Crippen molar-refractivity contribution in [3.63, 3.8) is 0 Å². The zero-order chi connectivity index (χ0) is 10.7. The minimum atomic E-state index is -3.58. The molecule has 0 aromatic rings. The van der Waals surface area contributed by atoms with E-state index in [1.807, 2.05) is 0 Å². The van der Waals surface area contributed by atoms with E-state index in [0.717, 1.165) is 0 Å². The van der Waals surface area contributed by atoms with E-state index < -0.39 is 55.8 Å². The molecule has 15 heteroatoms. The van der Waals surface area contributed by atoms with Crippen molar-refractivity contribution in [2.75, 3.05) is 0 Å². The van der Waals surface area contributed by atoms with Crippen LogP contribution in [0.5, 0.6) is 0 Å². The Morgan fingerprint density at radius 2 is 0.600 bits per heavy atom. The summed E-state index contributed by atoms with van der Waals surface area (Å²) in [6.07, 6.45) is 0. The van der Waals surface area contributed by atoms with Crippen molar-refractivity contribution in [1.82, 2.24) is 0 Å². The molecule has 0 unspecified atom stereocenters. The molecule has 0 aromatic carbocycles. The average molecular weight is 742 g/mol. The standard InChI is InChI=1S/2Bi.Na.6H2O.3O.3Ti.7H/h;;;6*1H2;;;;;;;;;;;;;/q;;+1;;;;;;;;;;3*+2;;;;;;;-1/p-6. The predicted molar refractivity (Wildman–Crippen MR) is 36.4 cm³/mol. The van der Waals surface area contributed by atoms with Gasteiger partial charge in [-0.1, -0.05) is 0 Å². The predicted octanol–water partition coefficient (Wildman–Crippen LogP) is -8.96. The van der Waals surface area contributed by atoms with Crippen LogP contribution in [0.3, 0.4) is 0 Å². The monoisotopic (exact) mass is 742 g/mol. The van der Waals surface area contributed by atoms with Crippen molar-refractivity contribution in [2.24, 2.45) is 0 Å². The first kappa shape index (κ1) is 36.5. The van der Waals surface area contributed by atoms with Gasteiger partial charge in [0.1, 0.15) is 0 Å². The average Bonchev–Trinajstić information content (AvgIpc) is 1.54. The van der Waals surface area contributed by atoms with E-state index in [1.165, 1.54) is 0 Å². The second-order valence-electron chi connectivity index (χ2n) is 0.848. The van der Waals surface area contributed by atoms with Gasteiger partial charge in [-0.05, 0) is 0 Å². The Balaban J connectivity index is -0.0000000135. The molecule has 0 aliphatic heterocycles. The van der Waals surface area contributed by atoms with Gasteiger partial charge in [-0.25, -0.2) is 0 Å². The first-order valence-electron chi connectivity index (χ1n) is 1.95. The van der Waals surface area contributed by atoms with Gasteiger partial charge in [0.05, 0.1) is 0 Å². The van der Waals surface area contributed by atoms with Crippen molar-refractivity contribution in [2.45, 2.75) is 0 Å². The summed E-state index contributed by atoms with van der Waals surface area (Å²) in [7, 11) is 0. The van der Waals surface area contributed by atoms with E-state index >= 15 is 0 Å². The molecule has 90 valence electrons. The third-order valence-electron chi connectivity index (χ3n) is 0. The molecule has 0 radical (unpaired) electrons. The maximum atomic E-state index is 8.81. The molecule has 0 saturated carbocycles. The van der Waals surface area contributed by atoms with Crippen LogP contribution >= 0.6 is 0 Å². The topological polar surface area (TPSA) is 173 Å². The van der Waals surface area contributed by atoms with Crippen LogP contribution in [-0.4, -0.2) is 74.5 Å². The Morgan fingerprint density at radius 3 is 0.600 bits per heavy atom. The summed E-state index contributed by atoms with van der Waals surface area (Å²) in [4.78, 5) is 0. The molecule has 0 atom stereocenters. The molecule has 0 amide bonds. The molecule has 0 bridgehead atoms. The summed E-state index contributed by atoms with van der Waals surface area (Å²) in [6.45, 7) is 0. The Kier molecular flexibility index (Phi) is 74.9. The van der Waals surface area contributed by atoms with Crippen LogP contribution in [0.2, 0.25) is 0 Å². The molecular weight excluding hydrogens is 729 g/mol. The fraction of sp³-hybridized carbons (Fsp3) is 0. The van der Waals surface area contributed by atoms with Gasteiger partial charge in [0, 0.05) is 0 Å². The Labute approximate surface area is 168 Å². The first-order valence-corrected chi connectivity index (χ1v) is 8.06. The number of hydrogen-bond acceptors (Lipinski definition) is 3. The van der Waals surface area contributed by atoms with Crippen molar-refractivity contribution >= 4 is 52.4 Å². The fourth-order valence-electron chi connectivity index (χ4n) is 0. The van der Waals surface area contributed by atoms with E-state index in [1.54, 1.807) is 0 Å². The van der Waals surface area contributed by atoms with Crippen LogP contribution in [0, 0.1) is 0 Å². The van der Waals surface area contributed by atoms with Crippen LogP contribution < -0.4 is 29.6 Å². The van der Waals surface area contributed by atoms with E-state index in [9.17, 15) is 0 Å². The van der Waals surface area contributed by atoms with Gasteiger partial charge >= 0.3 is 170 Å². The summed E-state index contributed by atoms with van der Waals surface area (Å²) in [5.74, 6) is 0. The Bertz CT molecular complexity index is 126. The van der Waals surface area contributed by atoms with Gasteiger partial charge in [0.2, 0.25) is 0 Å². The van der Waals surface area contributed by atoms with Crippen LogP contribution in [0.25, 0.3) is 0 Å². The number of hydrogen-bond donors (Lipinski definition) is 6. The molecule has 0 aromatic heterocycles. The van der Waals surface area contributed by atoms with E-state index in [0.29, 0.717) is 0 Å². The van der Waals surface area contributed by atoms with Crippen molar-refractivity contribution in [1.29, 1.82) is 0 Å². The van der Waals surface area contributed by atoms with Gasteiger partial charge < -0.3 is 1.43 Å². The van der Waals surface area contributed by atoms with Gasteiger partial charge in [-0.15, -0.1) is 0 Å². The summed E-state index contributed by atoms with van der Waals surface area (Å²) >= 11 is -10.8. The first-order chi connectivity index (χ1) is 5.20. The summed E-state index contributed by atoms with van der Waals surface area (Å²) in [6, 6.07) is 0. The van der Waals surface area contributed by atoms with Gasteiger partial charge in [0.25, 0.3) is 0 Å². The van der Waals surface area contributed by atoms with Crippen molar-refractivity contribution in [3.05, 3.63) is 0 Å². The Hall–Kier alpha value is 4.07. The molecule has 9 nitrogen and oxygen atoms in total.